The summed E-state index contributed by atoms with van der Waals surface area (Å²) in [4.78, 5) is 4.28. The highest BCUT2D eigenvalue weighted by molar-refractivity contribution is 8.03. The van der Waals surface area contributed by atoms with Gasteiger partial charge in [0.2, 0.25) is 0 Å². The molecule has 0 aliphatic heterocycles. The van der Waals surface area contributed by atoms with Crippen molar-refractivity contribution in [1.82, 2.24) is 4.98 Å². The lowest BCUT2D eigenvalue weighted by Gasteiger charge is -2.06. The van der Waals surface area contributed by atoms with E-state index in [1.54, 1.807) is 0 Å². The minimum absolute atomic E-state index is 0.592. The van der Waals surface area contributed by atoms with Crippen molar-refractivity contribution in [2.45, 2.75) is 4.90 Å². The molecular weight excluding hydrogens is 348 g/mol. The number of hydrogen-bond acceptors (Lipinski definition) is 2. The van der Waals surface area contributed by atoms with Crippen LogP contribution in [0.1, 0.15) is 0 Å². The predicted octanol–water partition coefficient (Wildman–Crippen LogP) is 6.73. The number of benzene rings is 3. The van der Waals surface area contributed by atoms with Crippen LogP contribution in [0.4, 0.5) is 0 Å². The second kappa shape index (κ2) is 6.68. The standard InChI is InChI=1S/C21H13ClN2S/c22-17-11-16-18(12-19(17)25-13-23)24-21(15-9-5-2-6-10-15)20(16)14-7-3-1-4-8-14/h1-12,24H. The number of thioether (sulfide) groups is 1. The molecule has 0 bridgehead atoms. The summed E-state index contributed by atoms with van der Waals surface area (Å²) in [7, 11) is 0. The Morgan fingerprint density at radius 1 is 0.880 bits per heavy atom. The van der Waals surface area contributed by atoms with E-state index in [0.29, 0.717) is 5.02 Å². The van der Waals surface area contributed by atoms with Gasteiger partial charge in [-0.3, -0.25) is 0 Å². The molecule has 4 aromatic rings. The fourth-order valence-electron chi connectivity index (χ4n) is 3.05. The van der Waals surface area contributed by atoms with Crippen LogP contribution in [0.15, 0.2) is 77.7 Å². The number of rotatable bonds is 3. The van der Waals surface area contributed by atoms with Crippen LogP contribution in [0.3, 0.4) is 0 Å². The van der Waals surface area contributed by atoms with Crippen molar-refractivity contribution in [2.24, 2.45) is 0 Å². The van der Waals surface area contributed by atoms with Gasteiger partial charge in [-0.25, -0.2) is 0 Å². The molecule has 2 nitrogen and oxygen atoms in total. The van der Waals surface area contributed by atoms with Gasteiger partial charge in [0.05, 0.1) is 10.7 Å². The number of nitrogens with one attached hydrogen (secondary N) is 1. The first kappa shape index (κ1) is 15.8. The number of nitriles is 1. The second-order valence-electron chi connectivity index (χ2n) is 5.63. The molecule has 0 spiro atoms. The monoisotopic (exact) mass is 360 g/mol. The van der Waals surface area contributed by atoms with E-state index < -0.39 is 0 Å². The maximum absolute atomic E-state index is 8.98. The Kier molecular flexibility index (Phi) is 4.23. The van der Waals surface area contributed by atoms with Gasteiger partial charge in [-0.05, 0) is 35.0 Å². The summed E-state index contributed by atoms with van der Waals surface area (Å²) < 4.78 is 0. The van der Waals surface area contributed by atoms with Gasteiger partial charge in [-0.15, -0.1) is 0 Å². The van der Waals surface area contributed by atoms with Gasteiger partial charge in [0.1, 0.15) is 5.40 Å². The van der Waals surface area contributed by atoms with Gasteiger partial charge in [-0.2, -0.15) is 5.26 Å². The molecule has 0 saturated heterocycles. The first-order valence-corrected chi connectivity index (χ1v) is 8.99. The number of H-pyrrole nitrogens is 1. The zero-order chi connectivity index (χ0) is 17.2. The molecule has 1 heterocycles. The summed E-state index contributed by atoms with van der Waals surface area (Å²) in [6.07, 6.45) is 0. The van der Waals surface area contributed by atoms with Gasteiger partial charge in [-0.1, -0.05) is 72.3 Å². The van der Waals surface area contributed by atoms with Crippen LogP contribution >= 0.6 is 23.4 Å². The van der Waals surface area contributed by atoms with E-state index in [-0.39, 0.29) is 0 Å². The molecule has 0 radical (unpaired) electrons. The van der Waals surface area contributed by atoms with E-state index >= 15 is 0 Å². The first-order valence-electron chi connectivity index (χ1n) is 7.80. The third-order valence-corrected chi connectivity index (χ3v) is 5.21. The third-order valence-electron chi connectivity index (χ3n) is 4.13. The normalized spacial score (nSPS) is 10.7. The first-order chi connectivity index (χ1) is 12.3. The van der Waals surface area contributed by atoms with E-state index in [1.165, 1.54) is 0 Å². The molecule has 0 aliphatic rings. The van der Waals surface area contributed by atoms with E-state index in [4.69, 9.17) is 16.9 Å². The highest BCUT2D eigenvalue weighted by Crippen LogP contribution is 2.41. The van der Waals surface area contributed by atoms with Gasteiger partial charge in [0.15, 0.2) is 0 Å². The molecule has 1 aromatic heterocycles. The fraction of sp³-hybridized carbons (Fsp3) is 0. The van der Waals surface area contributed by atoms with E-state index in [9.17, 15) is 0 Å². The molecular formula is C21H13ClN2S. The molecule has 0 fully saturated rings. The van der Waals surface area contributed by atoms with Crippen molar-refractivity contribution in [3.05, 3.63) is 77.8 Å². The van der Waals surface area contributed by atoms with Gasteiger partial charge in [0, 0.05) is 21.4 Å². The largest absolute Gasteiger partial charge is 0.354 e. The maximum atomic E-state index is 8.98. The Balaban J connectivity index is 2.05. The van der Waals surface area contributed by atoms with Crippen LogP contribution in [0, 0.1) is 10.7 Å². The zero-order valence-corrected chi connectivity index (χ0v) is 14.7. The van der Waals surface area contributed by atoms with E-state index in [1.807, 2.05) is 48.5 Å². The van der Waals surface area contributed by atoms with E-state index in [0.717, 1.165) is 49.9 Å². The third kappa shape index (κ3) is 2.91. The number of aromatic nitrogens is 1. The summed E-state index contributed by atoms with van der Waals surface area (Å²) >= 11 is 7.49. The van der Waals surface area contributed by atoms with Gasteiger partial charge < -0.3 is 4.98 Å². The molecule has 1 N–H and O–H groups in total. The average Bonchev–Trinajstić information content (AvgIpc) is 3.02. The van der Waals surface area contributed by atoms with E-state index in [2.05, 4.69) is 34.7 Å². The van der Waals surface area contributed by atoms with Crippen molar-refractivity contribution in [3.63, 3.8) is 0 Å². The quantitative estimate of drug-likeness (QED) is 0.325. The van der Waals surface area contributed by atoms with Crippen molar-refractivity contribution < 1.29 is 0 Å². The fourth-order valence-corrected chi connectivity index (χ4v) is 3.76. The topological polar surface area (TPSA) is 39.6 Å². The van der Waals surface area contributed by atoms with Crippen molar-refractivity contribution >= 4 is 34.3 Å². The molecule has 4 rings (SSSR count). The molecule has 3 aromatic carbocycles. The summed E-state index contributed by atoms with van der Waals surface area (Å²) in [6, 6.07) is 24.4. The lowest BCUT2D eigenvalue weighted by molar-refractivity contribution is 1.42. The number of halogens is 1. The summed E-state index contributed by atoms with van der Waals surface area (Å²) in [5.41, 5.74) is 5.39. The number of aromatic amines is 1. The average molecular weight is 361 g/mol. The number of thiocyanates is 1. The molecule has 25 heavy (non-hydrogen) atoms. The number of hydrogen-bond donors (Lipinski definition) is 1. The molecule has 0 amide bonds. The van der Waals surface area contributed by atoms with Crippen LogP contribution < -0.4 is 0 Å². The lowest BCUT2D eigenvalue weighted by Crippen LogP contribution is -1.82. The summed E-state index contributed by atoms with van der Waals surface area (Å²) in [5, 5.41) is 12.7. The molecule has 0 saturated carbocycles. The Morgan fingerprint density at radius 2 is 1.52 bits per heavy atom. The minimum Gasteiger partial charge on any atom is -0.354 e. The van der Waals surface area contributed by atoms with Gasteiger partial charge in [0.25, 0.3) is 0 Å². The highest BCUT2D eigenvalue weighted by atomic mass is 35.5. The van der Waals surface area contributed by atoms with Crippen LogP contribution in [0.25, 0.3) is 33.3 Å². The van der Waals surface area contributed by atoms with Crippen LogP contribution in [-0.4, -0.2) is 4.98 Å². The maximum Gasteiger partial charge on any atom is 0.138 e. The summed E-state index contributed by atoms with van der Waals surface area (Å²) in [5.74, 6) is 0. The molecule has 0 atom stereocenters. The Labute approximate surface area is 155 Å². The van der Waals surface area contributed by atoms with Crippen LogP contribution in [-0.2, 0) is 0 Å². The van der Waals surface area contributed by atoms with Crippen molar-refractivity contribution in [2.75, 3.05) is 0 Å². The minimum atomic E-state index is 0.592. The molecule has 0 aliphatic carbocycles. The van der Waals surface area contributed by atoms with Crippen molar-refractivity contribution in [1.29, 1.82) is 5.26 Å². The predicted molar refractivity (Wildman–Crippen MR) is 106 cm³/mol. The van der Waals surface area contributed by atoms with Gasteiger partial charge >= 0.3 is 0 Å². The molecule has 4 heteroatoms. The molecule has 0 unspecified atom stereocenters. The van der Waals surface area contributed by atoms with Crippen LogP contribution in [0.2, 0.25) is 5.02 Å². The Morgan fingerprint density at radius 3 is 2.16 bits per heavy atom. The molecule has 120 valence electrons. The highest BCUT2D eigenvalue weighted by Gasteiger charge is 2.17. The smallest absolute Gasteiger partial charge is 0.138 e. The second-order valence-corrected chi connectivity index (χ2v) is 6.86. The SMILES string of the molecule is N#CSc1cc2[nH]c(-c3ccccc3)c(-c3ccccc3)c2cc1Cl. The lowest BCUT2D eigenvalue weighted by atomic mass is 9.98. The summed E-state index contributed by atoms with van der Waals surface area (Å²) in [6.45, 7) is 0. The zero-order valence-electron chi connectivity index (χ0n) is 13.2. The Bertz CT molecular complexity index is 1080. The number of nitrogens with zero attached hydrogens (tertiary/aromatic N) is 1. The van der Waals surface area contributed by atoms with Crippen molar-refractivity contribution in [3.8, 4) is 27.8 Å². The Hall–Kier alpha value is -2.67. The number of fused-ring (bicyclic) bond motifs is 1. The van der Waals surface area contributed by atoms with Crippen LogP contribution in [0.5, 0.6) is 0 Å².